The number of hydrogen-bond acceptors (Lipinski definition) is 4. The molecule has 0 aliphatic carbocycles. The third-order valence-electron chi connectivity index (χ3n) is 2.93. The highest BCUT2D eigenvalue weighted by atomic mass is 32.2. The Morgan fingerprint density at radius 1 is 1.33 bits per heavy atom. The summed E-state index contributed by atoms with van der Waals surface area (Å²) in [5, 5.41) is 11.5. The van der Waals surface area contributed by atoms with Crippen LogP contribution in [-0.4, -0.2) is 42.3 Å². The summed E-state index contributed by atoms with van der Waals surface area (Å²) in [5.74, 6) is 2.67. The number of aliphatic hydroxyl groups excluding tert-OH is 1. The van der Waals surface area contributed by atoms with Gasteiger partial charge >= 0.3 is 0 Å². The van der Waals surface area contributed by atoms with E-state index in [1.807, 2.05) is 26.0 Å². The largest absolute Gasteiger partial charge is 0.493 e. The molecule has 1 aromatic carbocycles. The van der Waals surface area contributed by atoms with Crippen LogP contribution in [0.1, 0.15) is 24.0 Å². The van der Waals surface area contributed by atoms with Crippen molar-refractivity contribution in [3.63, 3.8) is 0 Å². The van der Waals surface area contributed by atoms with Crippen LogP contribution in [-0.2, 0) is 4.79 Å². The van der Waals surface area contributed by atoms with Crippen LogP contribution in [0.3, 0.4) is 0 Å². The summed E-state index contributed by atoms with van der Waals surface area (Å²) >= 11 is 1.74. The average Bonchev–Trinajstić information content (AvgIpc) is 2.45. The van der Waals surface area contributed by atoms with E-state index in [2.05, 4.69) is 11.4 Å². The van der Waals surface area contributed by atoms with E-state index >= 15 is 0 Å². The summed E-state index contributed by atoms with van der Waals surface area (Å²) in [6.07, 6.45) is 1.18. The standard InChI is InChI=1S/C16H25NO3S/c1-13-4-5-15(14(2)12-13)20-9-6-16(19)17-7-11-21-10-3-8-18/h4-5,12,18H,3,6-11H2,1-2H3,(H,17,19). The molecule has 0 bridgehead atoms. The van der Waals surface area contributed by atoms with E-state index in [9.17, 15) is 4.79 Å². The number of hydrogen-bond donors (Lipinski definition) is 2. The van der Waals surface area contributed by atoms with Gasteiger partial charge in [-0.2, -0.15) is 11.8 Å². The molecule has 0 aliphatic rings. The summed E-state index contributed by atoms with van der Waals surface area (Å²) in [5.41, 5.74) is 2.30. The summed E-state index contributed by atoms with van der Waals surface area (Å²) in [6.45, 7) is 5.34. The molecular formula is C16H25NO3S. The highest BCUT2D eigenvalue weighted by Gasteiger charge is 2.03. The topological polar surface area (TPSA) is 58.6 Å². The molecular weight excluding hydrogens is 286 g/mol. The number of carbonyl (C=O) groups is 1. The maximum absolute atomic E-state index is 11.6. The first-order chi connectivity index (χ1) is 10.1. The van der Waals surface area contributed by atoms with E-state index in [-0.39, 0.29) is 12.5 Å². The van der Waals surface area contributed by atoms with E-state index in [0.29, 0.717) is 19.6 Å². The van der Waals surface area contributed by atoms with Crippen LogP contribution in [0, 0.1) is 13.8 Å². The van der Waals surface area contributed by atoms with E-state index in [1.54, 1.807) is 11.8 Å². The molecule has 21 heavy (non-hydrogen) atoms. The lowest BCUT2D eigenvalue weighted by Crippen LogP contribution is -2.27. The molecule has 1 amide bonds. The van der Waals surface area contributed by atoms with Crippen LogP contribution in [0.4, 0.5) is 0 Å². The third kappa shape index (κ3) is 7.97. The van der Waals surface area contributed by atoms with E-state index in [1.165, 1.54) is 5.56 Å². The van der Waals surface area contributed by atoms with Gasteiger partial charge in [-0.1, -0.05) is 17.7 Å². The van der Waals surface area contributed by atoms with Crippen molar-refractivity contribution in [2.24, 2.45) is 0 Å². The molecule has 1 rings (SSSR count). The number of aryl methyl sites for hydroxylation is 2. The van der Waals surface area contributed by atoms with Crippen molar-refractivity contribution in [1.82, 2.24) is 5.32 Å². The van der Waals surface area contributed by atoms with Crippen LogP contribution in [0.5, 0.6) is 5.75 Å². The van der Waals surface area contributed by atoms with Gasteiger partial charge in [-0.3, -0.25) is 4.79 Å². The van der Waals surface area contributed by atoms with Crippen LogP contribution in [0.2, 0.25) is 0 Å². The minimum absolute atomic E-state index is 0.0162. The summed E-state index contributed by atoms with van der Waals surface area (Å²) in [7, 11) is 0. The van der Waals surface area contributed by atoms with Gasteiger partial charge in [0.2, 0.25) is 5.91 Å². The van der Waals surface area contributed by atoms with Gasteiger partial charge in [-0.05, 0) is 37.7 Å². The summed E-state index contributed by atoms with van der Waals surface area (Å²) in [4.78, 5) is 11.6. The number of aliphatic hydroxyl groups is 1. The van der Waals surface area contributed by atoms with Crippen molar-refractivity contribution in [3.05, 3.63) is 29.3 Å². The van der Waals surface area contributed by atoms with Gasteiger partial charge in [0.05, 0.1) is 13.0 Å². The Kier molecular flexibility index (Phi) is 8.94. The number of nitrogens with one attached hydrogen (secondary N) is 1. The Hall–Kier alpha value is -1.20. The molecule has 0 radical (unpaired) electrons. The maximum atomic E-state index is 11.6. The van der Waals surface area contributed by atoms with Gasteiger partial charge in [-0.15, -0.1) is 0 Å². The minimum atomic E-state index is 0.0162. The maximum Gasteiger partial charge on any atom is 0.223 e. The van der Waals surface area contributed by atoms with Crippen LogP contribution in [0.15, 0.2) is 18.2 Å². The molecule has 0 fully saturated rings. The second-order valence-electron chi connectivity index (χ2n) is 4.91. The molecule has 5 heteroatoms. The smallest absolute Gasteiger partial charge is 0.223 e. The Morgan fingerprint density at radius 3 is 2.86 bits per heavy atom. The predicted octanol–water partition coefficient (Wildman–Crippen LogP) is 2.30. The van der Waals surface area contributed by atoms with Gasteiger partial charge in [-0.25, -0.2) is 0 Å². The van der Waals surface area contributed by atoms with Gasteiger partial charge in [0.15, 0.2) is 0 Å². The SMILES string of the molecule is Cc1ccc(OCCC(=O)NCCSCCCO)c(C)c1. The monoisotopic (exact) mass is 311 g/mol. The van der Waals surface area contributed by atoms with Crippen LogP contribution < -0.4 is 10.1 Å². The first-order valence-corrected chi connectivity index (χ1v) is 8.44. The van der Waals surface area contributed by atoms with Crippen molar-refractivity contribution in [2.75, 3.05) is 31.3 Å². The second-order valence-corrected chi connectivity index (χ2v) is 6.13. The van der Waals surface area contributed by atoms with E-state index in [4.69, 9.17) is 9.84 Å². The molecule has 0 heterocycles. The fourth-order valence-electron chi connectivity index (χ4n) is 1.83. The quantitative estimate of drug-likeness (QED) is 0.651. The molecule has 118 valence electrons. The molecule has 2 N–H and O–H groups in total. The lowest BCUT2D eigenvalue weighted by molar-refractivity contribution is -0.121. The molecule has 0 saturated carbocycles. The lowest BCUT2D eigenvalue weighted by atomic mass is 10.1. The fraction of sp³-hybridized carbons (Fsp3) is 0.562. The summed E-state index contributed by atoms with van der Waals surface area (Å²) in [6, 6.07) is 6.02. The predicted molar refractivity (Wildman–Crippen MR) is 88.1 cm³/mol. The number of ether oxygens (including phenoxy) is 1. The average molecular weight is 311 g/mol. The zero-order chi connectivity index (χ0) is 15.5. The number of benzene rings is 1. The van der Waals surface area contributed by atoms with Crippen LogP contribution >= 0.6 is 11.8 Å². The van der Waals surface area contributed by atoms with Crippen molar-refractivity contribution >= 4 is 17.7 Å². The van der Waals surface area contributed by atoms with Gasteiger partial charge < -0.3 is 15.2 Å². The fourth-order valence-corrected chi connectivity index (χ4v) is 2.62. The highest BCUT2D eigenvalue weighted by Crippen LogP contribution is 2.18. The Labute approximate surface area is 131 Å². The highest BCUT2D eigenvalue weighted by molar-refractivity contribution is 7.99. The molecule has 0 saturated heterocycles. The third-order valence-corrected chi connectivity index (χ3v) is 4.00. The normalized spacial score (nSPS) is 10.4. The molecule has 0 atom stereocenters. The Morgan fingerprint density at radius 2 is 2.14 bits per heavy atom. The summed E-state index contributed by atoms with van der Waals surface area (Å²) < 4.78 is 5.63. The molecule has 0 unspecified atom stereocenters. The Balaban J connectivity index is 2.10. The lowest BCUT2D eigenvalue weighted by Gasteiger charge is -2.10. The van der Waals surface area contributed by atoms with E-state index < -0.39 is 0 Å². The molecule has 0 aliphatic heterocycles. The molecule has 1 aromatic rings. The van der Waals surface area contributed by atoms with Gasteiger partial charge in [0, 0.05) is 18.9 Å². The van der Waals surface area contributed by atoms with Crippen molar-refractivity contribution in [1.29, 1.82) is 0 Å². The Bertz CT molecular complexity index is 438. The van der Waals surface area contributed by atoms with Gasteiger partial charge in [0.1, 0.15) is 5.75 Å². The number of rotatable bonds is 10. The first kappa shape index (κ1) is 17.9. The number of amides is 1. The zero-order valence-electron chi connectivity index (χ0n) is 12.9. The molecule has 0 aromatic heterocycles. The minimum Gasteiger partial charge on any atom is -0.493 e. The first-order valence-electron chi connectivity index (χ1n) is 7.29. The second kappa shape index (κ2) is 10.5. The van der Waals surface area contributed by atoms with Crippen LogP contribution in [0.25, 0.3) is 0 Å². The van der Waals surface area contributed by atoms with E-state index in [0.717, 1.165) is 29.2 Å². The zero-order valence-corrected chi connectivity index (χ0v) is 13.7. The van der Waals surface area contributed by atoms with Crippen molar-refractivity contribution < 1.29 is 14.6 Å². The molecule has 4 nitrogen and oxygen atoms in total. The van der Waals surface area contributed by atoms with Gasteiger partial charge in [0.25, 0.3) is 0 Å². The number of thioether (sulfide) groups is 1. The van der Waals surface area contributed by atoms with Crippen molar-refractivity contribution in [2.45, 2.75) is 26.7 Å². The number of carbonyl (C=O) groups excluding carboxylic acids is 1. The molecule has 0 spiro atoms. The van der Waals surface area contributed by atoms with Crippen molar-refractivity contribution in [3.8, 4) is 5.75 Å².